The highest BCUT2D eigenvalue weighted by Crippen LogP contribution is 2.33. The van der Waals surface area contributed by atoms with Gasteiger partial charge in [-0.1, -0.05) is 6.07 Å². The summed E-state index contributed by atoms with van der Waals surface area (Å²) in [5.41, 5.74) is 1.38. The topological polar surface area (TPSA) is 68.7 Å². The lowest BCUT2D eigenvalue weighted by Gasteiger charge is -2.11. The van der Waals surface area contributed by atoms with Crippen molar-refractivity contribution in [2.24, 2.45) is 0 Å². The number of aromatic nitrogens is 1. The first-order valence-electron chi connectivity index (χ1n) is 5.34. The van der Waals surface area contributed by atoms with Gasteiger partial charge in [0.25, 0.3) is 0 Å². The van der Waals surface area contributed by atoms with Crippen LogP contribution in [0.2, 0.25) is 0 Å². The van der Waals surface area contributed by atoms with E-state index in [0.29, 0.717) is 17.0 Å². The Bertz CT molecular complexity index is 622. The molecule has 1 aromatic carbocycles. The Morgan fingerprint density at radius 3 is 2.44 bits per heavy atom. The molecule has 5 heteroatoms. The number of benzene rings is 1. The Labute approximate surface area is 104 Å². The van der Waals surface area contributed by atoms with E-state index >= 15 is 0 Å². The highest BCUT2D eigenvalue weighted by atomic mass is 16.5. The molecule has 1 N–H and O–H groups in total. The van der Waals surface area contributed by atoms with Gasteiger partial charge in [0.2, 0.25) is 0 Å². The van der Waals surface area contributed by atoms with Crippen molar-refractivity contribution in [2.75, 3.05) is 14.2 Å². The number of methoxy groups -OCH3 is 2. The average Bonchev–Trinajstić information content (AvgIpc) is 2.37. The van der Waals surface area contributed by atoms with E-state index in [1.54, 1.807) is 6.07 Å². The fraction of sp³-hybridized carbons (Fsp3) is 0.231. The average molecular weight is 247 g/mol. The minimum atomic E-state index is -1.10. The van der Waals surface area contributed by atoms with Gasteiger partial charge in [0, 0.05) is 11.5 Å². The number of hydrogen-bond acceptors (Lipinski definition) is 4. The molecule has 0 saturated heterocycles. The number of fused-ring (bicyclic) bond motifs is 1. The molecule has 2 rings (SSSR count). The van der Waals surface area contributed by atoms with Crippen molar-refractivity contribution in [2.45, 2.75) is 6.92 Å². The van der Waals surface area contributed by atoms with E-state index in [4.69, 9.17) is 14.6 Å². The molecule has 1 heterocycles. The number of pyridine rings is 1. The van der Waals surface area contributed by atoms with E-state index < -0.39 is 5.97 Å². The van der Waals surface area contributed by atoms with Crippen molar-refractivity contribution < 1.29 is 19.4 Å². The van der Waals surface area contributed by atoms with Crippen LogP contribution in [0, 0.1) is 6.92 Å². The Hall–Kier alpha value is -2.30. The van der Waals surface area contributed by atoms with Crippen molar-refractivity contribution in [3.8, 4) is 11.5 Å². The summed E-state index contributed by atoms with van der Waals surface area (Å²) in [5, 5.41) is 9.80. The van der Waals surface area contributed by atoms with Crippen LogP contribution in [0.15, 0.2) is 18.2 Å². The molecule has 18 heavy (non-hydrogen) atoms. The molecule has 1 aromatic heterocycles. The van der Waals surface area contributed by atoms with E-state index in [9.17, 15) is 4.79 Å². The maximum Gasteiger partial charge on any atom is 0.354 e. The van der Waals surface area contributed by atoms with E-state index in [-0.39, 0.29) is 5.69 Å². The van der Waals surface area contributed by atoms with Crippen LogP contribution in [0.5, 0.6) is 11.5 Å². The molecule has 0 amide bonds. The Kier molecular flexibility index (Phi) is 3.06. The first-order valence-corrected chi connectivity index (χ1v) is 5.34. The van der Waals surface area contributed by atoms with Gasteiger partial charge >= 0.3 is 5.97 Å². The summed E-state index contributed by atoms with van der Waals surface area (Å²) >= 11 is 0. The molecule has 0 radical (unpaired) electrons. The number of carboxylic acid groups (broad SMARTS) is 1. The van der Waals surface area contributed by atoms with Crippen LogP contribution >= 0.6 is 0 Å². The number of carbonyl (C=O) groups is 1. The molecule has 2 aromatic rings. The Morgan fingerprint density at radius 2 is 1.89 bits per heavy atom. The van der Waals surface area contributed by atoms with Gasteiger partial charge in [-0.05, 0) is 18.6 Å². The first-order chi connectivity index (χ1) is 8.58. The zero-order chi connectivity index (χ0) is 13.3. The molecule has 0 aliphatic carbocycles. The highest BCUT2D eigenvalue weighted by Gasteiger charge is 2.15. The van der Waals surface area contributed by atoms with Crippen LogP contribution in [0.25, 0.3) is 10.9 Å². The number of rotatable bonds is 3. The largest absolute Gasteiger partial charge is 0.496 e. The lowest BCUT2D eigenvalue weighted by Crippen LogP contribution is -2.03. The summed E-state index contributed by atoms with van der Waals surface area (Å²) in [4.78, 5) is 15.1. The highest BCUT2D eigenvalue weighted by molar-refractivity contribution is 5.97. The van der Waals surface area contributed by atoms with Crippen LogP contribution in [0.1, 0.15) is 16.1 Å². The zero-order valence-electron chi connectivity index (χ0n) is 10.4. The quantitative estimate of drug-likeness (QED) is 0.900. The molecule has 0 aliphatic heterocycles. The third-order valence-corrected chi connectivity index (χ3v) is 2.75. The summed E-state index contributed by atoms with van der Waals surface area (Å²) in [6.45, 7) is 1.91. The van der Waals surface area contributed by atoms with Crippen molar-refractivity contribution in [3.05, 3.63) is 29.5 Å². The van der Waals surface area contributed by atoms with E-state index in [1.165, 1.54) is 20.3 Å². The summed E-state index contributed by atoms with van der Waals surface area (Å²) in [6.07, 6.45) is 0. The van der Waals surface area contributed by atoms with Gasteiger partial charge in [-0.2, -0.15) is 0 Å². The third-order valence-electron chi connectivity index (χ3n) is 2.75. The SMILES string of the molecule is COc1ccc(C)c2c(OC)cc(C(=O)O)nc12. The van der Waals surface area contributed by atoms with E-state index in [0.717, 1.165) is 10.9 Å². The summed E-state index contributed by atoms with van der Waals surface area (Å²) < 4.78 is 10.4. The number of aromatic carboxylic acids is 1. The second-order valence-corrected chi connectivity index (χ2v) is 3.82. The van der Waals surface area contributed by atoms with Crippen LogP contribution in [0.4, 0.5) is 0 Å². The van der Waals surface area contributed by atoms with Crippen molar-refractivity contribution in [3.63, 3.8) is 0 Å². The van der Waals surface area contributed by atoms with Gasteiger partial charge in [-0.3, -0.25) is 0 Å². The number of hydrogen-bond donors (Lipinski definition) is 1. The maximum absolute atomic E-state index is 11.0. The molecular formula is C13H13NO4. The normalized spacial score (nSPS) is 10.4. The molecule has 0 aliphatic rings. The predicted molar refractivity (Wildman–Crippen MR) is 66.5 cm³/mol. The number of ether oxygens (including phenoxy) is 2. The first kappa shape index (κ1) is 12.2. The molecule has 0 bridgehead atoms. The molecule has 0 unspecified atom stereocenters. The molecule has 94 valence electrons. The standard InChI is InChI=1S/C13H13NO4/c1-7-4-5-9(17-2)12-11(7)10(18-3)6-8(14-12)13(15)16/h4-6H,1-3H3,(H,15,16). The van der Waals surface area contributed by atoms with Crippen molar-refractivity contribution in [1.29, 1.82) is 0 Å². The predicted octanol–water partition coefficient (Wildman–Crippen LogP) is 2.26. The molecule has 0 spiro atoms. The maximum atomic E-state index is 11.0. The van der Waals surface area contributed by atoms with Crippen LogP contribution in [-0.4, -0.2) is 30.3 Å². The second-order valence-electron chi connectivity index (χ2n) is 3.82. The van der Waals surface area contributed by atoms with Crippen molar-refractivity contribution in [1.82, 2.24) is 4.98 Å². The number of carboxylic acids is 1. The van der Waals surface area contributed by atoms with Gasteiger partial charge in [0.05, 0.1) is 14.2 Å². The van der Waals surface area contributed by atoms with Gasteiger partial charge < -0.3 is 14.6 Å². The summed E-state index contributed by atoms with van der Waals surface area (Å²) in [5.74, 6) is -0.0930. The van der Waals surface area contributed by atoms with Crippen LogP contribution < -0.4 is 9.47 Å². The summed E-state index contributed by atoms with van der Waals surface area (Å²) in [7, 11) is 3.02. The molecule has 0 saturated carbocycles. The minimum absolute atomic E-state index is 0.0664. The lowest BCUT2D eigenvalue weighted by atomic mass is 10.1. The Balaban J connectivity index is 2.90. The number of nitrogens with zero attached hydrogens (tertiary/aromatic N) is 1. The zero-order valence-corrected chi connectivity index (χ0v) is 10.4. The number of aryl methyl sites for hydroxylation is 1. The monoisotopic (exact) mass is 247 g/mol. The summed E-state index contributed by atoms with van der Waals surface area (Å²) in [6, 6.07) is 5.05. The lowest BCUT2D eigenvalue weighted by molar-refractivity contribution is 0.0690. The van der Waals surface area contributed by atoms with Crippen LogP contribution in [-0.2, 0) is 0 Å². The molecule has 0 fully saturated rings. The smallest absolute Gasteiger partial charge is 0.354 e. The van der Waals surface area contributed by atoms with Gasteiger partial charge in [0.15, 0.2) is 5.69 Å². The van der Waals surface area contributed by atoms with Crippen molar-refractivity contribution >= 4 is 16.9 Å². The van der Waals surface area contributed by atoms with Crippen LogP contribution in [0.3, 0.4) is 0 Å². The van der Waals surface area contributed by atoms with Gasteiger partial charge in [-0.15, -0.1) is 0 Å². The molecule has 5 nitrogen and oxygen atoms in total. The second kappa shape index (κ2) is 4.52. The van der Waals surface area contributed by atoms with Gasteiger partial charge in [0.1, 0.15) is 17.0 Å². The fourth-order valence-electron chi connectivity index (χ4n) is 1.88. The third kappa shape index (κ3) is 1.84. The molecular weight excluding hydrogens is 234 g/mol. The minimum Gasteiger partial charge on any atom is -0.496 e. The van der Waals surface area contributed by atoms with E-state index in [2.05, 4.69) is 4.98 Å². The van der Waals surface area contributed by atoms with Gasteiger partial charge in [-0.25, -0.2) is 9.78 Å². The molecule has 0 atom stereocenters. The fourth-order valence-corrected chi connectivity index (χ4v) is 1.88. The van der Waals surface area contributed by atoms with E-state index in [1.807, 2.05) is 13.0 Å². The Morgan fingerprint density at radius 1 is 1.22 bits per heavy atom.